The van der Waals surface area contributed by atoms with Crippen LogP contribution >= 0.6 is 23.2 Å². The monoisotopic (exact) mass is 484 g/mol. The van der Waals surface area contributed by atoms with Crippen molar-refractivity contribution in [1.82, 2.24) is 14.7 Å². The summed E-state index contributed by atoms with van der Waals surface area (Å²) in [6.45, 7) is 0.922. The van der Waals surface area contributed by atoms with Crippen LogP contribution in [0.3, 0.4) is 0 Å². The van der Waals surface area contributed by atoms with E-state index in [4.69, 9.17) is 32.7 Å². The Morgan fingerprint density at radius 3 is 2.94 bits per heavy atom. The van der Waals surface area contributed by atoms with Crippen molar-refractivity contribution in [3.63, 3.8) is 0 Å². The van der Waals surface area contributed by atoms with Crippen molar-refractivity contribution in [2.75, 3.05) is 13.2 Å². The molecule has 2 aromatic heterocycles. The van der Waals surface area contributed by atoms with E-state index in [-0.39, 0.29) is 40.4 Å². The number of halogens is 2. The van der Waals surface area contributed by atoms with Gasteiger partial charge >= 0.3 is 0 Å². The summed E-state index contributed by atoms with van der Waals surface area (Å²) in [6.07, 6.45) is 4.37. The van der Waals surface area contributed by atoms with E-state index in [0.717, 1.165) is 12.8 Å². The summed E-state index contributed by atoms with van der Waals surface area (Å²) in [5.41, 5.74) is -0.537. The maximum Gasteiger partial charge on any atom is 0.269 e. The molecule has 168 valence electrons. The largest absolute Gasteiger partial charge is 0.437 e. The van der Waals surface area contributed by atoms with Crippen LogP contribution < -0.4 is 15.6 Å². The Morgan fingerprint density at radius 1 is 1.36 bits per heavy atom. The Morgan fingerprint density at radius 2 is 2.21 bits per heavy atom. The molecule has 1 aliphatic rings. The van der Waals surface area contributed by atoms with Crippen LogP contribution in [-0.2, 0) is 9.53 Å². The molecule has 1 N–H and O–H groups in total. The van der Waals surface area contributed by atoms with Gasteiger partial charge in [0.05, 0.1) is 11.1 Å². The number of nitrogens with zero attached hydrogens (tertiary/aromatic N) is 3. The molecule has 0 saturated carbocycles. The lowest BCUT2D eigenvalue weighted by Crippen LogP contribution is -2.32. The maximum atomic E-state index is 13.2. The van der Waals surface area contributed by atoms with Crippen LogP contribution in [0.1, 0.15) is 18.4 Å². The van der Waals surface area contributed by atoms with E-state index < -0.39 is 11.5 Å². The lowest BCUT2D eigenvalue weighted by Gasteiger charge is -2.12. The van der Waals surface area contributed by atoms with E-state index in [2.05, 4.69) is 10.3 Å². The van der Waals surface area contributed by atoms with Crippen molar-refractivity contribution in [2.45, 2.75) is 18.9 Å². The second-order valence-corrected chi connectivity index (χ2v) is 8.10. The molecule has 33 heavy (non-hydrogen) atoms. The summed E-state index contributed by atoms with van der Waals surface area (Å²) < 4.78 is 12.6. The molecule has 1 fully saturated rings. The summed E-state index contributed by atoms with van der Waals surface area (Å²) >= 11 is 12.2. The molecule has 0 aliphatic carbocycles. The molecule has 10 heteroatoms. The number of nitriles is 1. The number of ether oxygens (including phenoxy) is 2. The van der Waals surface area contributed by atoms with Crippen LogP contribution in [0.5, 0.6) is 11.6 Å². The van der Waals surface area contributed by atoms with Gasteiger partial charge in [0.2, 0.25) is 5.88 Å². The lowest BCUT2D eigenvalue weighted by molar-refractivity contribution is -0.117. The highest BCUT2D eigenvalue weighted by Crippen LogP contribution is 2.32. The molecule has 0 radical (unpaired) electrons. The molecule has 1 aliphatic heterocycles. The molecule has 1 atom stereocenters. The normalized spacial score (nSPS) is 15.9. The molecule has 0 spiro atoms. The van der Waals surface area contributed by atoms with Crippen molar-refractivity contribution in [3.05, 3.63) is 74.1 Å². The summed E-state index contributed by atoms with van der Waals surface area (Å²) in [5.74, 6) is -0.514. The first-order chi connectivity index (χ1) is 16.0. The number of hydrogen-bond donors (Lipinski definition) is 1. The fraction of sp³-hybridized carbons (Fsp3) is 0.217. The van der Waals surface area contributed by atoms with Crippen molar-refractivity contribution < 1.29 is 14.3 Å². The van der Waals surface area contributed by atoms with Gasteiger partial charge in [0.25, 0.3) is 11.5 Å². The van der Waals surface area contributed by atoms with Crippen molar-refractivity contribution in [2.24, 2.45) is 0 Å². The summed E-state index contributed by atoms with van der Waals surface area (Å²) in [6, 6.07) is 11.5. The quantitative estimate of drug-likeness (QED) is 0.418. The smallest absolute Gasteiger partial charge is 0.269 e. The van der Waals surface area contributed by atoms with E-state index in [1.165, 1.54) is 28.8 Å². The van der Waals surface area contributed by atoms with Gasteiger partial charge in [-0.3, -0.25) is 14.0 Å². The second-order valence-electron chi connectivity index (χ2n) is 7.26. The molecule has 4 rings (SSSR count). The number of carbonyl (C=O) groups is 1. The van der Waals surface area contributed by atoms with E-state index in [1.807, 2.05) is 6.07 Å². The third-order valence-electron chi connectivity index (χ3n) is 5.00. The van der Waals surface area contributed by atoms with Crippen molar-refractivity contribution in [3.8, 4) is 17.7 Å². The zero-order valence-corrected chi connectivity index (χ0v) is 18.8. The van der Waals surface area contributed by atoms with Gasteiger partial charge in [-0.1, -0.05) is 29.3 Å². The van der Waals surface area contributed by atoms with Gasteiger partial charge in [-0.25, -0.2) is 0 Å². The van der Waals surface area contributed by atoms with Gasteiger partial charge in [0.1, 0.15) is 28.6 Å². The highest BCUT2D eigenvalue weighted by atomic mass is 35.5. The van der Waals surface area contributed by atoms with Crippen molar-refractivity contribution >= 4 is 40.8 Å². The average molecular weight is 485 g/mol. The molecule has 8 nitrogen and oxygen atoms in total. The number of amides is 1. The number of fused-ring (bicyclic) bond motifs is 1. The molecule has 1 saturated heterocycles. The van der Waals surface area contributed by atoms with Crippen molar-refractivity contribution in [1.29, 1.82) is 5.26 Å². The predicted molar refractivity (Wildman–Crippen MR) is 124 cm³/mol. The number of aromatic nitrogens is 2. The number of pyridine rings is 1. The van der Waals surface area contributed by atoms with Gasteiger partial charge in [-0.15, -0.1) is 0 Å². The SMILES string of the molecule is N#C/C(=C\c1c(Oc2ccc(Cl)cc2Cl)nc2ccccn2c1=O)C(=O)NC[C@H]1CCCO1. The van der Waals surface area contributed by atoms with E-state index in [1.54, 1.807) is 24.3 Å². The van der Waals surface area contributed by atoms with Gasteiger partial charge in [0.15, 0.2) is 0 Å². The Bertz CT molecular complexity index is 1340. The summed E-state index contributed by atoms with van der Waals surface area (Å²) in [5, 5.41) is 12.9. The number of carbonyl (C=O) groups excluding carboxylic acids is 1. The Hall–Kier alpha value is -3.38. The Kier molecular flexibility index (Phi) is 6.94. The third kappa shape index (κ3) is 5.17. The number of rotatable bonds is 6. The van der Waals surface area contributed by atoms with Crippen LogP contribution in [0.4, 0.5) is 0 Å². The highest BCUT2D eigenvalue weighted by Gasteiger charge is 2.20. The van der Waals surface area contributed by atoms with E-state index >= 15 is 0 Å². The molecule has 3 heterocycles. The Labute approximate surface area is 199 Å². The van der Waals surface area contributed by atoms with Crippen LogP contribution in [-0.4, -0.2) is 34.5 Å². The van der Waals surface area contributed by atoms with E-state index in [9.17, 15) is 14.9 Å². The number of hydrogen-bond acceptors (Lipinski definition) is 6. The molecule has 0 unspecified atom stereocenters. The summed E-state index contributed by atoms with van der Waals surface area (Å²) in [4.78, 5) is 30.2. The molecule has 1 amide bonds. The zero-order chi connectivity index (χ0) is 23.4. The summed E-state index contributed by atoms with van der Waals surface area (Å²) in [7, 11) is 0. The zero-order valence-electron chi connectivity index (χ0n) is 17.3. The maximum absolute atomic E-state index is 13.2. The first-order valence-electron chi connectivity index (χ1n) is 10.1. The molecule has 3 aromatic rings. The molecular formula is C23H18Cl2N4O4. The standard InChI is InChI=1S/C23H18Cl2N4O4/c24-15-6-7-19(18(25)11-15)33-22-17(23(31)29-8-2-1-5-20(29)28-22)10-14(12-26)21(30)27-13-16-4-3-9-32-16/h1-2,5-8,10-11,16H,3-4,9,13H2,(H,27,30)/b14-10+/t16-/m1/s1. The first-order valence-corrected chi connectivity index (χ1v) is 10.9. The fourth-order valence-corrected chi connectivity index (χ4v) is 3.79. The van der Waals surface area contributed by atoms with Gasteiger partial charge in [0, 0.05) is 24.4 Å². The topological polar surface area (TPSA) is 106 Å². The minimum Gasteiger partial charge on any atom is -0.437 e. The fourth-order valence-electron chi connectivity index (χ4n) is 3.35. The van der Waals surface area contributed by atoms with Gasteiger partial charge < -0.3 is 14.8 Å². The second kappa shape index (κ2) is 10.0. The van der Waals surface area contributed by atoms with Gasteiger partial charge in [-0.2, -0.15) is 10.2 Å². The minimum absolute atomic E-state index is 0.0754. The lowest BCUT2D eigenvalue weighted by atomic mass is 10.1. The number of nitrogens with one attached hydrogen (secondary N) is 1. The molecular weight excluding hydrogens is 467 g/mol. The van der Waals surface area contributed by atoms with Crippen LogP contribution in [0, 0.1) is 11.3 Å². The molecule has 0 bridgehead atoms. The first kappa shape index (κ1) is 22.8. The van der Waals surface area contributed by atoms with Crippen LogP contribution in [0.2, 0.25) is 10.0 Å². The van der Waals surface area contributed by atoms with Gasteiger partial charge in [-0.05, 0) is 49.2 Å². The number of benzene rings is 1. The third-order valence-corrected chi connectivity index (χ3v) is 5.53. The minimum atomic E-state index is -0.624. The van der Waals surface area contributed by atoms with Crippen LogP contribution in [0.15, 0.2) is 53.0 Å². The highest BCUT2D eigenvalue weighted by molar-refractivity contribution is 6.35. The van der Waals surface area contributed by atoms with E-state index in [0.29, 0.717) is 17.3 Å². The van der Waals surface area contributed by atoms with Crippen LogP contribution in [0.25, 0.3) is 11.7 Å². The predicted octanol–water partition coefficient (Wildman–Crippen LogP) is 4.00. The Balaban J connectivity index is 1.74. The average Bonchev–Trinajstić information content (AvgIpc) is 3.33. The molecule has 1 aromatic carbocycles.